The van der Waals surface area contributed by atoms with Crippen LogP contribution in [-0.4, -0.2) is 41.0 Å². The molecule has 0 atom stereocenters. The highest BCUT2D eigenvalue weighted by molar-refractivity contribution is 7.92. The van der Waals surface area contributed by atoms with Crippen molar-refractivity contribution in [2.45, 2.75) is 36.8 Å². The molecular formula is C18H19F3N4O4S. The van der Waals surface area contributed by atoms with Crippen molar-refractivity contribution >= 4 is 21.3 Å². The van der Waals surface area contributed by atoms with Gasteiger partial charge in [-0.15, -0.1) is 13.2 Å². The molecule has 3 rings (SSSR count). The first kappa shape index (κ1) is 21.7. The van der Waals surface area contributed by atoms with Gasteiger partial charge in [0.15, 0.2) is 21.4 Å². The van der Waals surface area contributed by atoms with Crippen LogP contribution in [0.2, 0.25) is 0 Å². The molecule has 0 saturated carbocycles. The van der Waals surface area contributed by atoms with E-state index in [1.165, 1.54) is 36.2 Å². The number of anilines is 1. The van der Waals surface area contributed by atoms with Gasteiger partial charge in [0.25, 0.3) is 0 Å². The molecule has 3 aromatic rings. The molecule has 8 nitrogen and oxygen atoms in total. The van der Waals surface area contributed by atoms with Gasteiger partial charge < -0.3 is 15.2 Å². The fraction of sp³-hybridized carbons (Fsp3) is 0.333. The second kappa shape index (κ2) is 7.04. The van der Waals surface area contributed by atoms with Crippen LogP contribution in [0.3, 0.4) is 0 Å². The van der Waals surface area contributed by atoms with Crippen LogP contribution in [0.25, 0.3) is 16.9 Å². The highest BCUT2D eigenvalue weighted by Gasteiger charge is 2.35. The Labute approximate surface area is 170 Å². The van der Waals surface area contributed by atoms with Gasteiger partial charge >= 0.3 is 6.36 Å². The van der Waals surface area contributed by atoms with Gasteiger partial charge in [0, 0.05) is 24.0 Å². The Balaban J connectivity index is 2.23. The molecule has 0 aliphatic carbocycles. The van der Waals surface area contributed by atoms with E-state index in [2.05, 4.69) is 14.7 Å². The standard InChI is InChI=1S/C18H19F3N4O4S/c1-17(2,3)30(26,27)14-9-25-11(8-23-15(25)6-12(14)28-4)10-5-13(16(22)24-7-10)29-18(19,20)21/h5-9H,1-4H3,(H2,22,24). The molecule has 0 unspecified atom stereocenters. The van der Waals surface area contributed by atoms with Crippen molar-refractivity contribution < 1.29 is 31.1 Å². The lowest BCUT2D eigenvalue weighted by Gasteiger charge is -2.21. The summed E-state index contributed by atoms with van der Waals surface area (Å²) in [5.41, 5.74) is 6.28. The zero-order valence-electron chi connectivity index (χ0n) is 16.5. The average Bonchev–Trinajstić information content (AvgIpc) is 3.03. The molecule has 2 N–H and O–H groups in total. The summed E-state index contributed by atoms with van der Waals surface area (Å²) in [6.45, 7) is 4.64. The van der Waals surface area contributed by atoms with Crippen LogP contribution in [0.15, 0.2) is 35.6 Å². The maximum atomic E-state index is 13.0. The van der Waals surface area contributed by atoms with E-state index in [9.17, 15) is 21.6 Å². The lowest BCUT2D eigenvalue weighted by atomic mass is 10.2. The minimum Gasteiger partial charge on any atom is -0.495 e. The summed E-state index contributed by atoms with van der Waals surface area (Å²) in [6.07, 6.45) is -1.02. The van der Waals surface area contributed by atoms with Crippen LogP contribution in [0.1, 0.15) is 20.8 Å². The summed E-state index contributed by atoms with van der Waals surface area (Å²) in [4.78, 5) is 7.84. The Hall–Kier alpha value is -3.02. The summed E-state index contributed by atoms with van der Waals surface area (Å²) < 4.78 is 73.3. The second-order valence-electron chi connectivity index (χ2n) is 7.35. The third-order valence-electron chi connectivity index (χ3n) is 4.29. The first-order valence-electron chi connectivity index (χ1n) is 8.56. The first-order valence-corrected chi connectivity index (χ1v) is 10.0. The molecule has 30 heavy (non-hydrogen) atoms. The molecule has 162 valence electrons. The summed E-state index contributed by atoms with van der Waals surface area (Å²) in [7, 11) is -2.47. The van der Waals surface area contributed by atoms with Crippen molar-refractivity contribution in [2.24, 2.45) is 0 Å². The Morgan fingerprint density at radius 2 is 1.73 bits per heavy atom. The molecule has 0 saturated heterocycles. The number of nitrogens with zero attached hydrogens (tertiary/aromatic N) is 3. The summed E-state index contributed by atoms with van der Waals surface area (Å²) in [5.74, 6) is -1.01. The third-order valence-corrected chi connectivity index (χ3v) is 6.79. The van der Waals surface area contributed by atoms with Crippen LogP contribution in [0, 0.1) is 0 Å². The number of hydrogen-bond acceptors (Lipinski definition) is 7. The van der Waals surface area contributed by atoms with Crippen molar-refractivity contribution in [2.75, 3.05) is 12.8 Å². The number of pyridine rings is 2. The van der Waals surface area contributed by atoms with Gasteiger partial charge in [0.05, 0.1) is 23.7 Å². The van der Waals surface area contributed by atoms with Crippen LogP contribution in [0.4, 0.5) is 19.0 Å². The van der Waals surface area contributed by atoms with Crippen molar-refractivity contribution in [1.82, 2.24) is 14.4 Å². The summed E-state index contributed by atoms with van der Waals surface area (Å²) in [5, 5.41) is 0. The predicted molar refractivity (Wildman–Crippen MR) is 103 cm³/mol. The van der Waals surface area contributed by atoms with Crippen LogP contribution in [-0.2, 0) is 9.84 Å². The topological polar surface area (TPSA) is 109 Å². The normalized spacial score (nSPS) is 12.9. The van der Waals surface area contributed by atoms with Crippen molar-refractivity contribution in [3.63, 3.8) is 0 Å². The van der Waals surface area contributed by atoms with Crippen LogP contribution < -0.4 is 15.2 Å². The van der Waals surface area contributed by atoms with Gasteiger partial charge in [-0.25, -0.2) is 18.4 Å². The number of ether oxygens (including phenoxy) is 2. The van der Waals surface area contributed by atoms with Gasteiger partial charge in [-0.3, -0.25) is 4.40 Å². The van der Waals surface area contributed by atoms with E-state index < -0.39 is 32.5 Å². The minimum atomic E-state index is -4.95. The molecule has 3 heterocycles. The highest BCUT2D eigenvalue weighted by Crippen LogP contribution is 2.36. The molecule has 3 aromatic heterocycles. The van der Waals surface area contributed by atoms with Crippen molar-refractivity contribution in [3.05, 3.63) is 30.7 Å². The number of rotatable bonds is 4. The van der Waals surface area contributed by atoms with Gasteiger partial charge in [-0.2, -0.15) is 0 Å². The quantitative estimate of drug-likeness (QED) is 0.656. The SMILES string of the molecule is COc1cc2ncc(-c3cnc(N)c(OC(F)(F)F)c3)n2cc1S(=O)(=O)C(C)(C)C. The number of imidazole rings is 1. The van der Waals surface area contributed by atoms with E-state index in [0.717, 1.165) is 6.07 Å². The van der Waals surface area contributed by atoms with Crippen LogP contribution in [0.5, 0.6) is 11.5 Å². The molecule has 0 fully saturated rings. The van der Waals surface area contributed by atoms with Gasteiger partial charge in [0.2, 0.25) is 0 Å². The Kier molecular flexibility index (Phi) is 5.09. The average molecular weight is 444 g/mol. The highest BCUT2D eigenvalue weighted by atomic mass is 32.2. The van der Waals surface area contributed by atoms with Gasteiger partial charge in [0.1, 0.15) is 16.3 Å². The Morgan fingerprint density at radius 3 is 2.30 bits per heavy atom. The predicted octanol–water partition coefficient (Wildman–Crippen LogP) is 3.46. The summed E-state index contributed by atoms with van der Waals surface area (Å²) >= 11 is 0. The third kappa shape index (κ3) is 3.86. The zero-order valence-corrected chi connectivity index (χ0v) is 17.3. The fourth-order valence-corrected chi connectivity index (χ4v) is 4.00. The number of aromatic nitrogens is 3. The van der Waals surface area contributed by atoms with Gasteiger partial charge in [-0.1, -0.05) is 0 Å². The molecule has 0 amide bonds. The van der Waals surface area contributed by atoms with Gasteiger partial charge in [-0.05, 0) is 26.8 Å². The lowest BCUT2D eigenvalue weighted by Crippen LogP contribution is -2.28. The largest absolute Gasteiger partial charge is 0.573 e. The number of nitrogens with two attached hydrogens (primary N) is 1. The molecule has 0 aromatic carbocycles. The summed E-state index contributed by atoms with van der Waals surface area (Å²) in [6, 6.07) is 2.49. The van der Waals surface area contributed by atoms with E-state index in [-0.39, 0.29) is 21.9 Å². The smallest absolute Gasteiger partial charge is 0.495 e. The van der Waals surface area contributed by atoms with Crippen molar-refractivity contribution in [1.29, 1.82) is 0 Å². The fourth-order valence-electron chi connectivity index (χ4n) is 2.69. The molecule has 0 spiro atoms. The molecule has 12 heteroatoms. The number of hydrogen-bond donors (Lipinski definition) is 1. The molecule has 0 aliphatic heterocycles. The van der Waals surface area contributed by atoms with E-state index in [1.54, 1.807) is 20.8 Å². The molecular weight excluding hydrogens is 425 g/mol. The number of nitrogen functional groups attached to an aromatic ring is 1. The van der Waals surface area contributed by atoms with Crippen LogP contribution >= 0.6 is 0 Å². The Morgan fingerprint density at radius 1 is 1.07 bits per heavy atom. The number of halogens is 3. The first-order chi connectivity index (χ1) is 13.7. The monoisotopic (exact) mass is 444 g/mol. The van der Waals surface area contributed by atoms with E-state index in [4.69, 9.17) is 10.5 Å². The number of methoxy groups -OCH3 is 1. The van der Waals surface area contributed by atoms with E-state index in [0.29, 0.717) is 5.65 Å². The maximum absolute atomic E-state index is 13.0. The number of fused-ring (bicyclic) bond motifs is 1. The molecule has 0 aliphatic rings. The minimum absolute atomic E-state index is 0.0839. The van der Waals surface area contributed by atoms with Crippen molar-refractivity contribution in [3.8, 4) is 22.8 Å². The number of alkyl halides is 3. The Bertz CT molecular complexity index is 1210. The van der Waals surface area contributed by atoms with E-state index >= 15 is 0 Å². The zero-order chi connectivity index (χ0) is 22.5. The second-order valence-corrected chi connectivity index (χ2v) is 10.0. The lowest BCUT2D eigenvalue weighted by molar-refractivity contribution is -0.274. The maximum Gasteiger partial charge on any atom is 0.573 e. The van der Waals surface area contributed by atoms with E-state index in [1.807, 2.05) is 0 Å². The number of sulfone groups is 1. The molecule has 0 bridgehead atoms. The molecule has 0 radical (unpaired) electrons.